The summed E-state index contributed by atoms with van der Waals surface area (Å²) in [5.41, 5.74) is 1.57. The van der Waals surface area contributed by atoms with E-state index in [1.165, 1.54) is 11.3 Å². The molecule has 20 heavy (non-hydrogen) atoms. The summed E-state index contributed by atoms with van der Waals surface area (Å²) < 4.78 is 0. The van der Waals surface area contributed by atoms with Gasteiger partial charge in [0.2, 0.25) is 0 Å². The molecule has 0 amide bonds. The summed E-state index contributed by atoms with van der Waals surface area (Å²) in [6.07, 6.45) is 1.35. The van der Waals surface area contributed by atoms with Crippen molar-refractivity contribution in [1.29, 1.82) is 0 Å². The first kappa shape index (κ1) is 14.0. The molecule has 1 heterocycles. The second-order valence-corrected chi connectivity index (χ2v) is 5.12. The first-order valence-electron chi connectivity index (χ1n) is 5.86. The van der Waals surface area contributed by atoms with E-state index >= 15 is 0 Å². The molecule has 5 heteroatoms. The Morgan fingerprint density at radius 1 is 1.10 bits per heavy atom. The summed E-state index contributed by atoms with van der Waals surface area (Å²) in [5.74, 6) is -3.04. The molecule has 4 nitrogen and oxygen atoms in total. The van der Waals surface area contributed by atoms with Crippen molar-refractivity contribution in [1.82, 2.24) is 0 Å². The molecule has 0 radical (unpaired) electrons. The largest absolute Gasteiger partial charge is 0.507 e. The molecule has 2 N–H and O–H groups in total. The number of aliphatic hydroxyl groups is 1. The second-order valence-electron chi connectivity index (χ2n) is 4.12. The monoisotopic (exact) mass is 288 g/mol. The predicted octanol–water partition coefficient (Wildman–Crippen LogP) is 2.89. The smallest absolute Gasteiger partial charge is 0.376 e. The molecule has 0 aliphatic rings. The minimum Gasteiger partial charge on any atom is -0.507 e. The highest BCUT2D eigenvalue weighted by Gasteiger charge is 2.14. The van der Waals surface area contributed by atoms with Crippen LogP contribution in [0.4, 0.5) is 0 Å². The molecule has 0 bridgehead atoms. The van der Waals surface area contributed by atoms with Gasteiger partial charge in [-0.2, -0.15) is 0 Å². The van der Waals surface area contributed by atoms with E-state index in [1.807, 2.05) is 30.3 Å². The van der Waals surface area contributed by atoms with Crippen molar-refractivity contribution < 1.29 is 19.8 Å². The summed E-state index contributed by atoms with van der Waals surface area (Å²) in [7, 11) is 0. The summed E-state index contributed by atoms with van der Waals surface area (Å²) in [4.78, 5) is 22.4. The molecule has 0 saturated carbocycles. The topological polar surface area (TPSA) is 74.6 Å². The van der Waals surface area contributed by atoms with Gasteiger partial charge in [0.15, 0.2) is 0 Å². The lowest BCUT2D eigenvalue weighted by Crippen LogP contribution is -2.09. The molecule has 0 atom stereocenters. The highest BCUT2D eigenvalue weighted by Crippen LogP contribution is 2.25. The molecule has 0 fully saturated rings. The molecule has 1 aromatic carbocycles. The minimum absolute atomic E-state index is 0.315. The van der Waals surface area contributed by atoms with E-state index in [9.17, 15) is 14.7 Å². The Balaban J connectivity index is 2.25. The third kappa shape index (κ3) is 3.33. The summed E-state index contributed by atoms with van der Waals surface area (Å²) >= 11 is 1.45. The maximum Gasteiger partial charge on any atom is 0.376 e. The van der Waals surface area contributed by atoms with Crippen molar-refractivity contribution in [2.75, 3.05) is 0 Å². The zero-order valence-electron chi connectivity index (χ0n) is 10.4. The zero-order chi connectivity index (χ0) is 14.5. The van der Waals surface area contributed by atoms with Gasteiger partial charge in [0.05, 0.1) is 0 Å². The molecule has 0 saturated heterocycles. The number of aliphatic hydroxyl groups excluding tert-OH is 1. The Labute approximate surface area is 119 Å². The third-order valence-electron chi connectivity index (χ3n) is 2.71. The number of benzene rings is 1. The molecule has 0 aliphatic heterocycles. The van der Waals surface area contributed by atoms with E-state index in [2.05, 4.69) is 0 Å². The Hall–Kier alpha value is -2.40. The average molecular weight is 288 g/mol. The van der Waals surface area contributed by atoms with Crippen LogP contribution in [0.15, 0.2) is 47.9 Å². The Morgan fingerprint density at radius 2 is 1.80 bits per heavy atom. The Bertz CT molecular complexity index is 656. The normalized spacial score (nSPS) is 11.3. The number of carboxylic acids is 1. The molecule has 0 aliphatic carbocycles. The van der Waals surface area contributed by atoms with Crippen LogP contribution in [0.3, 0.4) is 0 Å². The maximum atomic E-state index is 11.1. The van der Waals surface area contributed by atoms with E-state index in [1.54, 1.807) is 11.4 Å². The van der Waals surface area contributed by atoms with Crippen LogP contribution in [0.5, 0.6) is 0 Å². The third-order valence-corrected chi connectivity index (χ3v) is 3.63. The fourth-order valence-electron chi connectivity index (χ4n) is 1.75. The number of hydrogen-bond acceptors (Lipinski definition) is 4. The van der Waals surface area contributed by atoms with Gasteiger partial charge < -0.3 is 10.2 Å². The first-order valence-corrected chi connectivity index (χ1v) is 6.74. The van der Waals surface area contributed by atoms with Crippen LogP contribution in [-0.4, -0.2) is 22.0 Å². The lowest BCUT2D eigenvalue weighted by atomic mass is 10.1. The van der Waals surface area contributed by atoms with Gasteiger partial charge in [0, 0.05) is 22.9 Å². The quantitative estimate of drug-likeness (QED) is 0.504. The van der Waals surface area contributed by atoms with Gasteiger partial charge in [-0.25, -0.2) is 4.79 Å². The van der Waals surface area contributed by atoms with Gasteiger partial charge in [-0.05, 0) is 17.0 Å². The molecular weight excluding hydrogens is 276 g/mol. The molecule has 2 aromatic rings. The van der Waals surface area contributed by atoms with E-state index in [0.717, 1.165) is 16.5 Å². The van der Waals surface area contributed by atoms with Crippen LogP contribution in [0.25, 0.3) is 5.76 Å². The minimum atomic E-state index is -1.59. The predicted molar refractivity (Wildman–Crippen MR) is 76.8 cm³/mol. The number of rotatable bonds is 5. The summed E-state index contributed by atoms with van der Waals surface area (Å²) in [6, 6.07) is 11.4. The number of thiophene rings is 1. The number of carbonyl (C=O) groups excluding carboxylic acids is 1. The average Bonchev–Trinajstić information content (AvgIpc) is 2.88. The number of aliphatic carboxylic acids is 1. The van der Waals surface area contributed by atoms with Crippen molar-refractivity contribution in [3.05, 3.63) is 63.9 Å². The zero-order valence-corrected chi connectivity index (χ0v) is 11.3. The number of hydrogen-bond donors (Lipinski definition) is 2. The number of ketones is 1. The number of carboxylic acid groups (broad SMARTS) is 1. The SMILES string of the molecule is O=C(O)C(=O)C=C(O)c1ccsc1Cc1ccccc1. The van der Waals surface area contributed by atoms with Crippen molar-refractivity contribution in [3.63, 3.8) is 0 Å². The van der Waals surface area contributed by atoms with Gasteiger partial charge in [-0.3, -0.25) is 4.79 Å². The van der Waals surface area contributed by atoms with Crippen molar-refractivity contribution in [2.45, 2.75) is 6.42 Å². The molecule has 2 rings (SSSR count). The fraction of sp³-hybridized carbons (Fsp3) is 0.0667. The summed E-state index contributed by atoms with van der Waals surface area (Å²) in [5, 5.41) is 20.2. The van der Waals surface area contributed by atoms with Crippen LogP contribution in [0.2, 0.25) is 0 Å². The molecule has 1 aromatic heterocycles. The standard InChI is InChI=1S/C15H12O4S/c16-12(9-13(17)15(18)19)11-6-7-20-14(11)8-10-4-2-1-3-5-10/h1-7,9,16H,8H2,(H,18,19). The second kappa shape index (κ2) is 6.16. The Kier molecular flexibility index (Phi) is 4.32. The molecule has 102 valence electrons. The van der Waals surface area contributed by atoms with Gasteiger partial charge in [0.1, 0.15) is 5.76 Å². The van der Waals surface area contributed by atoms with Crippen LogP contribution >= 0.6 is 11.3 Å². The lowest BCUT2D eigenvalue weighted by molar-refractivity contribution is -0.146. The van der Waals surface area contributed by atoms with Crippen molar-refractivity contribution in [3.8, 4) is 0 Å². The van der Waals surface area contributed by atoms with E-state index in [-0.39, 0.29) is 5.76 Å². The van der Waals surface area contributed by atoms with Gasteiger partial charge >= 0.3 is 5.97 Å². The fourth-order valence-corrected chi connectivity index (χ4v) is 2.67. The van der Waals surface area contributed by atoms with E-state index < -0.39 is 11.8 Å². The van der Waals surface area contributed by atoms with Gasteiger partial charge in [-0.15, -0.1) is 11.3 Å². The molecule has 0 spiro atoms. The van der Waals surface area contributed by atoms with Crippen molar-refractivity contribution >= 4 is 28.8 Å². The first-order chi connectivity index (χ1) is 9.58. The summed E-state index contributed by atoms with van der Waals surface area (Å²) in [6.45, 7) is 0. The van der Waals surface area contributed by atoms with Crippen molar-refractivity contribution in [2.24, 2.45) is 0 Å². The lowest BCUT2D eigenvalue weighted by Gasteiger charge is -2.03. The highest BCUT2D eigenvalue weighted by molar-refractivity contribution is 7.10. The Morgan fingerprint density at radius 3 is 2.45 bits per heavy atom. The van der Waals surface area contributed by atoms with Crippen LogP contribution in [0.1, 0.15) is 16.0 Å². The maximum absolute atomic E-state index is 11.1. The molecule has 0 unspecified atom stereocenters. The van der Waals surface area contributed by atoms with E-state index in [4.69, 9.17) is 5.11 Å². The van der Waals surface area contributed by atoms with E-state index in [0.29, 0.717) is 12.0 Å². The van der Waals surface area contributed by atoms with Crippen LogP contribution in [0, 0.1) is 0 Å². The molecular formula is C15H12O4S. The van der Waals surface area contributed by atoms with Crippen LogP contribution in [-0.2, 0) is 16.0 Å². The van der Waals surface area contributed by atoms with Crippen LogP contribution < -0.4 is 0 Å². The number of carbonyl (C=O) groups is 2. The highest BCUT2D eigenvalue weighted by atomic mass is 32.1. The van der Waals surface area contributed by atoms with Gasteiger partial charge in [-0.1, -0.05) is 30.3 Å². The van der Waals surface area contributed by atoms with Gasteiger partial charge in [0.25, 0.3) is 5.78 Å².